The van der Waals surface area contributed by atoms with Gasteiger partial charge < -0.3 is 10.2 Å². The first-order valence-corrected chi connectivity index (χ1v) is 7.16. The van der Waals surface area contributed by atoms with E-state index in [-0.39, 0.29) is 0 Å². The summed E-state index contributed by atoms with van der Waals surface area (Å²) in [7, 11) is 4.18. The van der Waals surface area contributed by atoms with Crippen molar-refractivity contribution in [1.29, 1.82) is 0 Å². The van der Waals surface area contributed by atoms with Crippen LogP contribution in [0.25, 0.3) is 0 Å². The molecule has 0 fully saturated rings. The van der Waals surface area contributed by atoms with Crippen LogP contribution in [0.4, 0.5) is 11.4 Å². The van der Waals surface area contributed by atoms with Gasteiger partial charge in [0.25, 0.3) is 0 Å². The van der Waals surface area contributed by atoms with Crippen LogP contribution in [0.15, 0.2) is 48.5 Å². The Kier molecular flexibility index (Phi) is 4.80. The van der Waals surface area contributed by atoms with E-state index < -0.39 is 0 Å². The average molecular weight is 268 g/mol. The first-order chi connectivity index (χ1) is 9.56. The first kappa shape index (κ1) is 14.6. The number of hydrogen-bond donors (Lipinski definition) is 1. The summed E-state index contributed by atoms with van der Waals surface area (Å²) in [6.07, 6.45) is 0. The highest BCUT2D eigenvalue weighted by Crippen LogP contribution is 2.26. The molecule has 2 nitrogen and oxygen atoms in total. The molecular formula is C18H24N2. The van der Waals surface area contributed by atoms with Crippen LogP contribution >= 0.6 is 0 Å². The largest absolute Gasteiger partial charge is 0.355 e. The quantitative estimate of drug-likeness (QED) is 0.851. The van der Waals surface area contributed by atoms with Gasteiger partial charge in [-0.15, -0.1) is 0 Å². The van der Waals surface area contributed by atoms with Crippen molar-refractivity contribution in [1.82, 2.24) is 4.90 Å². The fourth-order valence-electron chi connectivity index (χ4n) is 2.33. The van der Waals surface area contributed by atoms with Gasteiger partial charge in [-0.2, -0.15) is 0 Å². The zero-order chi connectivity index (χ0) is 14.5. The molecule has 0 saturated heterocycles. The molecule has 1 N–H and O–H groups in total. The van der Waals surface area contributed by atoms with Gasteiger partial charge in [-0.05, 0) is 49.3 Å². The molecule has 2 rings (SSSR count). The van der Waals surface area contributed by atoms with Crippen molar-refractivity contribution in [3.05, 3.63) is 59.7 Å². The maximum atomic E-state index is 3.52. The zero-order valence-electron chi connectivity index (χ0n) is 12.9. The van der Waals surface area contributed by atoms with Gasteiger partial charge in [0.1, 0.15) is 0 Å². The number of hydrogen-bond acceptors (Lipinski definition) is 2. The molecule has 0 atom stereocenters. The zero-order valence-corrected chi connectivity index (χ0v) is 12.9. The molecule has 0 bridgehead atoms. The molecule has 0 aliphatic carbocycles. The molecule has 0 spiro atoms. The van der Waals surface area contributed by atoms with Crippen molar-refractivity contribution in [2.45, 2.75) is 26.3 Å². The van der Waals surface area contributed by atoms with E-state index in [0.29, 0.717) is 5.92 Å². The van der Waals surface area contributed by atoms with Crippen molar-refractivity contribution < 1.29 is 0 Å². The Labute approximate surface area is 122 Å². The van der Waals surface area contributed by atoms with Crippen LogP contribution in [0.1, 0.15) is 30.9 Å². The second-order valence-electron chi connectivity index (χ2n) is 5.80. The summed E-state index contributed by atoms with van der Waals surface area (Å²) in [5.41, 5.74) is 5.02. The van der Waals surface area contributed by atoms with Crippen LogP contribution in [0.2, 0.25) is 0 Å². The normalized spacial score (nSPS) is 11.1. The lowest BCUT2D eigenvalue weighted by molar-refractivity contribution is 0.402. The average Bonchev–Trinajstić information content (AvgIpc) is 2.41. The molecule has 20 heavy (non-hydrogen) atoms. The number of rotatable bonds is 5. The fourth-order valence-corrected chi connectivity index (χ4v) is 2.33. The first-order valence-electron chi connectivity index (χ1n) is 7.16. The third kappa shape index (κ3) is 3.84. The Morgan fingerprint density at radius 1 is 0.950 bits per heavy atom. The summed E-state index contributed by atoms with van der Waals surface area (Å²) in [5.74, 6) is 0.520. The van der Waals surface area contributed by atoms with E-state index in [2.05, 4.69) is 86.7 Å². The number of para-hydroxylation sites is 1. The molecule has 2 heteroatoms. The maximum Gasteiger partial charge on any atom is 0.0419 e. The molecule has 2 aromatic rings. The van der Waals surface area contributed by atoms with Gasteiger partial charge in [0.2, 0.25) is 0 Å². The van der Waals surface area contributed by atoms with Gasteiger partial charge in [0.15, 0.2) is 0 Å². The summed E-state index contributed by atoms with van der Waals surface area (Å²) in [6.45, 7) is 5.42. The van der Waals surface area contributed by atoms with E-state index in [0.717, 1.165) is 12.2 Å². The molecule has 0 radical (unpaired) electrons. The summed E-state index contributed by atoms with van der Waals surface area (Å²) in [4.78, 5) is 2.18. The smallest absolute Gasteiger partial charge is 0.0419 e. The summed E-state index contributed by atoms with van der Waals surface area (Å²) in [6, 6.07) is 17.2. The third-order valence-electron chi connectivity index (χ3n) is 3.31. The number of benzene rings is 2. The van der Waals surface area contributed by atoms with Crippen LogP contribution in [0, 0.1) is 0 Å². The van der Waals surface area contributed by atoms with Crippen LogP contribution in [-0.2, 0) is 6.54 Å². The van der Waals surface area contributed by atoms with Gasteiger partial charge in [-0.1, -0.05) is 44.2 Å². The summed E-state index contributed by atoms with van der Waals surface area (Å²) < 4.78 is 0. The lowest BCUT2D eigenvalue weighted by Crippen LogP contribution is -2.10. The van der Waals surface area contributed by atoms with Crippen LogP contribution in [0.5, 0.6) is 0 Å². The highest BCUT2D eigenvalue weighted by Gasteiger charge is 2.05. The van der Waals surface area contributed by atoms with Gasteiger partial charge in [-0.3, -0.25) is 0 Å². The second-order valence-corrected chi connectivity index (χ2v) is 5.80. The molecule has 0 aromatic heterocycles. The van der Waals surface area contributed by atoms with Gasteiger partial charge >= 0.3 is 0 Å². The van der Waals surface area contributed by atoms with Crippen LogP contribution < -0.4 is 5.32 Å². The molecule has 0 aliphatic heterocycles. The number of nitrogens with zero attached hydrogens (tertiary/aromatic N) is 1. The Hall–Kier alpha value is -1.80. The highest BCUT2D eigenvalue weighted by atomic mass is 15.0. The van der Waals surface area contributed by atoms with Crippen molar-refractivity contribution in [3.8, 4) is 0 Å². The Balaban J connectivity index is 2.14. The van der Waals surface area contributed by atoms with Crippen molar-refractivity contribution in [2.75, 3.05) is 19.4 Å². The lowest BCUT2D eigenvalue weighted by atomic mass is 10.0. The summed E-state index contributed by atoms with van der Waals surface area (Å²) in [5, 5.41) is 3.52. The highest BCUT2D eigenvalue weighted by molar-refractivity contribution is 5.64. The standard InChI is InChI=1S/C18H24N2/c1-14(2)17-7-5-6-8-18(17)19-16-11-9-15(10-12-16)13-20(3)4/h5-12,14,19H,13H2,1-4H3. The fraction of sp³-hybridized carbons (Fsp3) is 0.333. The second kappa shape index (κ2) is 6.58. The predicted octanol–water partition coefficient (Wildman–Crippen LogP) is 4.62. The Morgan fingerprint density at radius 3 is 2.20 bits per heavy atom. The molecule has 0 aliphatic rings. The van der Waals surface area contributed by atoms with Crippen molar-refractivity contribution >= 4 is 11.4 Å². The van der Waals surface area contributed by atoms with E-state index >= 15 is 0 Å². The molecule has 106 valence electrons. The van der Waals surface area contributed by atoms with E-state index in [1.54, 1.807) is 0 Å². The molecule has 2 aromatic carbocycles. The predicted molar refractivity (Wildman–Crippen MR) is 87.6 cm³/mol. The van der Waals surface area contributed by atoms with E-state index in [9.17, 15) is 0 Å². The number of anilines is 2. The van der Waals surface area contributed by atoms with Gasteiger partial charge in [-0.25, -0.2) is 0 Å². The monoisotopic (exact) mass is 268 g/mol. The molecule has 0 saturated carbocycles. The van der Waals surface area contributed by atoms with Crippen molar-refractivity contribution in [2.24, 2.45) is 0 Å². The molecular weight excluding hydrogens is 244 g/mol. The van der Waals surface area contributed by atoms with Crippen LogP contribution in [0.3, 0.4) is 0 Å². The number of nitrogens with one attached hydrogen (secondary N) is 1. The Morgan fingerprint density at radius 2 is 1.60 bits per heavy atom. The van der Waals surface area contributed by atoms with E-state index in [4.69, 9.17) is 0 Å². The SMILES string of the molecule is CC(C)c1ccccc1Nc1ccc(CN(C)C)cc1. The minimum atomic E-state index is 0.520. The van der Waals surface area contributed by atoms with Crippen LogP contribution in [-0.4, -0.2) is 19.0 Å². The lowest BCUT2D eigenvalue weighted by Gasteiger charge is -2.15. The van der Waals surface area contributed by atoms with Crippen molar-refractivity contribution in [3.63, 3.8) is 0 Å². The Bertz CT molecular complexity index is 542. The third-order valence-corrected chi connectivity index (χ3v) is 3.31. The van der Waals surface area contributed by atoms with Gasteiger partial charge in [0.05, 0.1) is 0 Å². The molecule has 0 unspecified atom stereocenters. The maximum absolute atomic E-state index is 3.52. The van der Waals surface area contributed by atoms with Gasteiger partial charge in [0, 0.05) is 17.9 Å². The minimum absolute atomic E-state index is 0.520. The molecule has 0 heterocycles. The minimum Gasteiger partial charge on any atom is -0.355 e. The molecule has 0 amide bonds. The summed E-state index contributed by atoms with van der Waals surface area (Å²) >= 11 is 0. The van der Waals surface area contributed by atoms with E-state index in [1.807, 2.05) is 0 Å². The van der Waals surface area contributed by atoms with E-state index in [1.165, 1.54) is 16.8 Å². The topological polar surface area (TPSA) is 15.3 Å².